The molecule has 0 aliphatic rings. The lowest BCUT2D eigenvalue weighted by Gasteiger charge is -2.25. The van der Waals surface area contributed by atoms with Gasteiger partial charge in [0.05, 0.1) is 5.75 Å². The molecule has 0 aliphatic carbocycles. The first-order valence-electron chi connectivity index (χ1n) is 6.84. The highest BCUT2D eigenvalue weighted by Crippen LogP contribution is 2.20. The average Bonchev–Trinajstić information content (AvgIpc) is 2.37. The second kappa shape index (κ2) is 7.90. The highest BCUT2D eigenvalue weighted by Gasteiger charge is 2.23. The summed E-state index contributed by atoms with van der Waals surface area (Å²) in [7, 11) is -3.17. The smallest absolute Gasteiger partial charge is 0.215 e. The number of hydrogen-bond donors (Lipinski definition) is 1. The van der Waals surface area contributed by atoms with Gasteiger partial charge in [-0.1, -0.05) is 6.92 Å². The van der Waals surface area contributed by atoms with Crippen LogP contribution in [0.2, 0.25) is 0 Å². The molecule has 0 radical (unpaired) electrons. The normalized spacial score (nSPS) is 12.2. The number of hydrogen-bond acceptors (Lipinski definition) is 4. The highest BCUT2D eigenvalue weighted by molar-refractivity contribution is 8.00. The standard InChI is InChI=1S/C14H24N2O2S2/c1-4-9-16(12(2)3)20(17,18)11-10-19-14-7-5-13(15)6-8-14/h5-8,12H,4,9-11,15H2,1-3H3. The van der Waals surface area contributed by atoms with Gasteiger partial charge in [0.25, 0.3) is 0 Å². The third-order valence-corrected chi connectivity index (χ3v) is 6.18. The predicted octanol–water partition coefficient (Wildman–Crippen LogP) is 2.81. The Bertz CT molecular complexity index is 498. The van der Waals surface area contributed by atoms with Crippen LogP contribution in [0.15, 0.2) is 29.2 Å². The van der Waals surface area contributed by atoms with Crippen LogP contribution in [0.3, 0.4) is 0 Å². The maximum absolute atomic E-state index is 12.3. The van der Waals surface area contributed by atoms with Gasteiger partial charge in [-0.25, -0.2) is 8.42 Å². The van der Waals surface area contributed by atoms with Gasteiger partial charge in [-0.3, -0.25) is 0 Å². The summed E-state index contributed by atoms with van der Waals surface area (Å²) < 4.78 is 26.2. The van der Waals surface area contributed by atoms with Crippen LogP contribution in [0.25, 0.3) is 0 Å². The number of benzene rings is 1. The number of nitrogens with two attached hydrogens (primary N) is 1. The van der Waals surface area contributed by atoms with Gasteiger partial charge < -0.3 is 5.73 Å². The van der Waals surface area contributed by atoms with E-state index < -0.39 is 10.0 Å². The third-order valence-electron chi connectivity index (χ3n) is 2.87. The second-order valence-electron chi connectivity index (χ2n) is 4.94. The molecule has 20 heavy (non-hydrogen) atoms. The number of anilines is 1. The van der Waals surface area contributed by atoms with Gasteiger partial charge in [-0.05, 0) is 44.5 Å². The van der Waals surface area contributed by atoms with Crippen LogP contribution >= 0.6 is 11.8 Å². The molecule has 0 atom stereocenters. The fourth-order valence-corrected chi connectivity index (χ4v) is 4.96. The lowest BCUT2D eigenvalue weighted by molar-refractivity contribution is 0.355. The van der Waals surface area contributed by atoms with Crippen molar-refractivity contribution in [1.29, 1.82) is 0 Å². The van der Waals surface area contributed by atoms with Crippen LogP contribution in [0.4, 0.5) is 5.69 Å². The van der Waals surface area contributed by atoms with Gasteiger partial charge in [0.2, 0.25) is 10.0 Å². The first-order chi connectivity index (χ1) is 9.36. The number of thioether (sulfide) groups is 1. The van der Waals surface area contributed by atoms with Crippen molar-refractivity contribution in [2.75, 3.05) is 23.8 Å². The molecule has 4 nitrogen and oxygen atoms in total. The minimum absolute atomic E-state index is 0.0153. The molecule has 0 heterocycles. The highest BCUT2D eigenvalue weighted by atomic mass is 32.2. The molecular formula is C14H24N2O2S2. The summed E-state index contributed by atoms with van der Waals surface area (Å²) in [5.41, 5.74) is 6.34. The van der Waals surface area contributed by atoms with E-state index in [1.807, 2.05) is 45.0 Å². The van der Waals surface area contributed by atoms with Crippen molar-refractivity contribution in [2.24, 2.45) is 0 Å². The topological polar surface area (TPSA) is 63.4 Å². The molecule has 6 heteroatoms. The molecule has 1 aromatic carbocycles. The molecule has 114 valence electrons. The minimum atomic E-state index is -3.17. The minimum Gasteiger partial charge on any atom is -0.399 e. The lowest BCUT2D eigenvalue weighted by atomic mass is 10.3. The van der Waals surface area contributed by atoms with Crippen molar-refractivity contribution in [3.63, 3.8) is 0 Å². The number of sulfonamides is 1. The number of rotatable bonds is 8. The summed E-state index contributed by atoms with van der Waals surface area (Å²) in [6, 6.07) is 7.50. The van der Waals surface area contributed by atoms with E-state index in [0.717, 1.165) is 17.0 Å². The number of nitrogen functional groups attached to an aromatic ring is 1. The summed E-state index contributed by atoms with van der Waals surface area (Å²) in [6.07, 6.45) is 0.836. The fourth-order valence-electron chi connectivity index (χ4n) is 1.89. The molecule has 0 saturated carbocycles. The van der Waals surface area contributed by atoms with Crippen molar-refractivity contribution in [2.45, 2.75) is 38.1 Å². The maximum atomic E-state index is 12.3. The SMILES string of the molecule is CCCN(C(C)C)S(=O)(=O)CCSc1ccc(N)cc1. The zero-order chi connectivity index (χ0) is 15.2. The van der Waals surface area contributed by atoms with E-state index in [4.69, 9.17) is 5.73 Å². The summed E-state index contributed by atoms with van der Waals surface area (Å²) in [5.74, 6) is 0.722. The zero-order valence-electron chi connectivity index (χ0n) is 12.4. The number of nitrogens with zero attached hydrogens (tertiary/aromatic N) is 1. The average molecular weight is 316 g/mol. The Morgan fingerprint density at radius 2 is 1.85 bits per heavy atom. The van der Waals surface area contributed by atoms with Gasteiger partial charge in [-0.15, -0.1) is 11.8 Å². The molecule has 0 spiro atoms. The Balaban J connectivity index is 2.56. The Labute approximate surface area is 126 Å². The lowest BCUT2D eigenvalue weighted by Crippen LogP contribution is -2.39. The van der Waals surface area contributed by atoms with Gasteiger partial charge in [0.1, 0.15) is 0 Å². The first kappa shape index (κ1) is 17.3. The van der Waals surface area contributed by atoms with E-state index in [9.17, 15) is 8.42 Å². The maximum Gasteiger partial charge on any atom is 0.215 e. The molecule has 0 bridgehead atoms. The van der Waals surface area contributed by atoms with E-state index in [1.165, 1.54) is 0 Å². The van der Waals surface area contributed by atoms with E-state index in [0.29, 0.717) is 12.3 Å². The summed E-state index contributed by atoms with van der Waals surface area (Å²) in [4.78, 5) is 1.04. The van der Waals surface area contributed by atoms with Crippen LogP contribution in [0.1, 0.15) is 27.2 Å². The Hall–Kier alpha value is -0.720. The molecule has 0 saturated heterocycles. The molecule has 0 unspecified atom stereocenters. The monoisotopic (exact) mass is 316 g/mol. The fraction of sp³-hybridized carbons (Fsp3) is 0.571. The predicted molar refractivity (Wildman–Crippen MR) is 87.5 cm³/mol. The second-order valence-corrected chi connectivity index (χ2v) is 8.15. The van der Waals surface area contributed by atoms with Gasteiger partial charge in [-0.2, -0.15) is 4.31 Å². The summed E-state index contributed by atoms with van der Waals surface area (Å²) >= 11 is 1.54. The molecule has 0 aliphatic heterocycles. The van der Waals surface area contributed by atoms with Crippen molar-refractivity contribution in [3.8, 4) is 0 Å². The van der Waals surface area contributed by atoms with Crippen LogP contribution < -0.4 is 5.73 Å². The molecule has 0 aromatic heterocycles. The zero-order valence-corrected chi connectivity index (χ0v) is 14.0. The van der Waals surface area contributed by atoms with E-state index in [1.54, 1.807) is 16.1 Å². The first-order valence-corrected chi connectivity index (χ1v) is 9.44. The molecule has 2 N–H and O–H groups in total. The molecule has 0 amide bonds. The largest absolute Gasteiger partial charge is 0.399 e. The van der Waals surface area contributed by atoms with E-state index in [2.05, 4.69) is 0 Å². The third kappa shape index (κ3) is 5.34. The van der Waals surface area contributed by atoms with Gasteiger partial charge in [0.15, 0.2) is 0 Å². The van der Waals surface area contributed by atoms with Crippen molar-refractivity contribution < 1.29 is 8.42 Å². The van der Waals surface area contributed by atoms with Crippen LogP contribution in [0.5, 0.6) is 0 Å². The van der Waals surface area contributed by atoms with Crippen molar-refractivity contribution >= 4 is 27.5 Å². The molecule has 1 aromatic rings. The quantitative estimate of drug-likeness (QED) is 0.592. The van der Waals surface area contributed by atoms with Crippen LogP contribution in [-0.2, 0) is 10.0 Å². The van der Waals surface area contributed by atoms with E-state index in [-0.39, 0.29) is 11.8 Å². The Morgan fingerprint density at radius 3 is 2.35 bits per heavy atom. The molecular weight excluding hydrogens is 292 g/mol. The van der Waals surface area contributed by atoms with Gasteiger partial charge in [0, 0.05) is 28.9 Å². The molecule has 0 fully saturated rings. The van der Waals surface area contributed by atoms with Gasteiger partial charge >= 0.3 is 0 Å². The Morgan fingerprint density at radius 1 is 1.25 bits per heavy atom. The summed E-state index contributed by atoms with van der Waals surface area (Å²) in [5, 5.41) is 0. The molecule has 1 rings (SSSR count). The summed E-state index contributed by atoms with van der Waals surface area (Å²) in [6.45, 7) is 6.42. The Kier molecular flexibility index (Phi) is 6.85. The van der Waals surface area contributed by atoms with E-state index >= 15 is 0 Å². The van der Waals surface area contributed by atoms with Crippen LogP contribution in [0, 0.1) is 0 Å². The van der Waals surface area contributed by atoms with Crippen molar-refractivity contribution in [3.05, 3.63) is 24.3 Å². The van der Waals surface area contributed by atoms with Crippen LogP contribution in [-0.4, -0.2) is 36.8 Å². The van der Waals surface area contributed by atoms with Crippen molar-refractivity contribution in [1.82, 2.24) is 4.31 Å².